The first-order chi connectivity index (χ1) is 9.55. The number of nitrogens with one attached hydrogen (secondary N) is 2. The topological polar surface area (TPSA) is 54.1 Å². The van der Waals surface area contributed by atoms with Crippen LogP contribution in [0.15, 0.2) is 42.6 Å². The highest BCUT2D eigenvalue weighted by Gasteiger charge is 2.32. The van der Waals surface area contributed by atoms with E-state index < -0.39 is 5.41 Å². The molecule has 0 saturated heterocycles. The number of ether oxygens (including phenoxy) is 1. The minimum absolute atomic E-state index is 0.0309. The van der Waals surface area contributed by atoms with E-state index in [1.54, 1.807) is 7.11 Å². The van der Waals surface area contributed by atoms with Crippen LogP contribution in [0.25, 0.3) is 0 Å². The molecule has 2 aromatic rings. The minimum Gasteiger partial charge on any atom is -0.496 e. The molecule has 2 N–H and O–H groups in total. The van der Waals surface area contributed by atoms with Gasteiger partial charge in [0.1, 0.15) is 5.75 Å². The highest BCUT2D eigenvalue weighted by atomic mass is 16.5. The van der Waals surface area contributed by atoms with Crippen molar-refractivity contribution in [2.75, 3.05) is 7.11 Å². The Morgan fingerprint density at radius 3 is 2.65 bits per heavy atom. The van der Waals surface area contributed by atoms with E-state index in [1.165, 1.54) is 0 Å². The predicted molar refractivity (Wildman–Crippen MR) is 78.7 cm³/mol. The molecule has 0 aliphatic carbocycles. The molecule has 1 aromatic heterocycles. The Morgan fingerprint density at radius 1 is 1.25 bits per heavy atom. The van der Waals surface area contributed by atoms with Crippen LogP contribution in [0.1, 0.15) is 25.1 Å². The Balaban J connectivity index is 2.14. The van der Waals surface area contributed by atoms with Crippen molar-refractivity contribution >= 4 is 5.91 Å². The summed E-state index contributed by atoms with van der Waals surface area (Å²) in [5, 5.41) is 2.95. The normalized spacial score (nSPS) is 11.2. The third kappa shape index (κ3) is 2.85. The molecule has 106 valence electrons. The van der Waals surface area contributed by atoms with E-state index in [4.69, 9.17) is 4.74 Å². The first-order valence-corrected chi connectivity index (χ1v) is 6.59. The zero-order valence-electron chi connectivity index (χ0n) is 12.1. The van der Waals surface area contributed by atoms with Gasteiger partial charge in [-0.15, -0.1) is 0 Å². The highest BCUT2D eigenvalue weighted by molar-refractivity contribution is 5.88. The predicted octanol–water partition coefficient (Wildman–Crippen LogP) is 2.62. The van der Waals surface area contributed by atoms with Gasteiger partial charge < -0.3 is 15.0 Å². The fourth-order valence-electron chi connectivity index (χ4n) is 2.16. The molecule has 0 spiro atoms. The van der Waals surface area contributed by atoms with E-state index in [0.29, 0.717) is 6.54 Å². The van der Waals surface area contributed by atoms with Gasteiger partial charge in [-0.25, -0.2) is 0 Å². The second kappa shape index (κ2) is 5.82. The van der Waals surface area contributed by atoms with Crippen molar-refractivity contribution < 1.29 is 9.53 Å². The Bertz CT molecular complexity index is 574. The Hall–Kier alpha value is -2.23. The van der Waals surface area contributed by atoms with Crippen LogP contribution in [-0.4, -0.2) is 18.0 Å². The number of methoxy groups -OCH3 is 1. The van der Waals surface area contributed by atoms with Gasteiger partial charge in [-0.3, -0.25) is 4.79 Å². The molecule has 1 aromatic carbocycles. The molecule has 0 atom stereocenters. The number of carbonyl (C=O) groups excluding carboxylic acids is 1. The van der Waals surface area contributed by atoms with Crippen molar-refractivity contribution in [1.82, 2.24) is 10.3 Å². The lowest BCUT2D eigenvalue weighted by Gasteiger charge is -2.25. The number of aromatic nitrogens is 1. The van der Waals surface area contributed by atoms with Gasteiger partial charge in [0.2, 0.25) is 5.91 Å². The lowest BCUT2D eigenvalue weighted by atomic mass is 9.83. The van der Waals surface area contributed by atoms with E-state index in [0.717, 1.165) is 17.0 Å². The SMILES string of the molecule is COc1ccccc1C(C)(C)C(=O)NCc1ccc[nH]1. The lowest BCUT2D eigenvalue weighted by molar-refractivity contribution is -0.125. The quantitative estimate of drug-likeness (QED) is 0.879. The van der Waals surface area contributed by atoms with Gasteiger partial charge in [0.05, 0.1) is 19.1 Å². The maximum Gasteiger partial charge on any atom is 0.230 e. The van der Waals surface area contributed by atoms with Gasteiger partial charge in [-0.05, 0) is 32.0 Å². The standard InChI is InChI=1S/C16H20N2O2/c1-16(2,13-8-4-5-9-14(13)20-3)15(19)18-11-12-7-6-10-17-12/h4-10,17H,11H2,1-3H3,(H,18,19). The number of benzene rings is 1. The summed E-state index contributed by atoms with van der Waals surface area (Å²) in [4.78, 5) is 15.5. The molecule has 1 heterocycles. The molecule has 0 radical (unpaired) electrons. The fourth-order valence-corrected chi connectivity index (χ4v) is 2.16. The van der Waals surface area contributed by atoms with Crippen LogP contribution in [0.4, 0.5) is 0 Å². The minimum atomic E-state index is -0.654. The van der Waals surface area contributed by atoms with Crippen LogP contribution in [0, 0.1) is 0 Å². The summed E-state index contributed by atoms with van der Waals surface area (Å²) in [6.07, 6.45) is 1.84. The average Bonchev–Trinajstić information content (AvgIpc) is 2.97. The number of rotatable bonds is 5. The molecular formula is C16H20N2O2. The van der Waals surface area contributed by atoms with Gasteiger partial charge >= 0.3 is 0 Å². The Labute approximate surface area is 119 Å². The van der Waals surface area contributed by atoms with Gasteiger partial charge in [0.15, 0.2) is 0 Å². The second-order valence-electron chi connectivity index (χ2n) is 5.20. The molecule has 4 heteroatoms. The summed E-state index contributed by atoms with van der Waals surface area (Å²) in [6, 6.07) is 11.5. The summed E-state index contributed by atoms with van der Waals surface area (Å²) < 4.78 is 5.35. The fraction of sp³-hybridized carbons (Fsp3) is 0.312. The monoisotopic (exact) mass is 272 g/mol. The van der Waals surface area contributed by atoms with Gasteiger partial charge in [-0.2, -0.15) is 0 Å². The molecular weight excluding hydrogens is 252 g/mol. The summed E-state index contributed by atoms with van der Waals surface area (Å²) in [5.74, 6) is 0.698. The zero-order valence-corrected chi connectivity index (χ0v) is 12.1. The van der Waals surface area contributed by atoms with E-state index in [9.17, 15) is 4.79 Å². The van der Waals surface area contributed by atoms with Crippen molar-refractivity contribution in [2.45, 2.75) is 25.8 Å². The molecule has 1 amide bonds. The van der Waals surface area contributed by atoms with Crippen molar-refractivity contribution in [1.29, 1.82) is 0 Å². The van der Waals surface area contributed by atoms with Crippen molar-refractivity contribution in [2.24, 2.45) is 0 Å². The van der Waals surface area contributed by atoms with Gasteiger partial charge in [-0.1, -0.05) is 18.2 Å². The second-order valence-corrected chi connectivity index (χ2v) is 5.20. The molecule has 0 saturated carbocycles. The van der Waals surface area contributed by atoms with Crippen LogP contribution in [0.2, 0.25) is 0 Å². The highest BCUT2D eigenvalue weighted by Crippen LogP contribution is 2.31. The third-order valence-corrected chi connectivity index (χ3v) is 3.45. The summed E-state index contributed by atoms with van der Waals surface area (Å²) in [7, 11) is 1.62. The summed E-state index contributed by atoms with van der Waals surface area (Å²) in [6.45, 7) is 4.29. The molecule has 0 unspecified atom stereocenters. The van der Waals surface area contributed by atoms with E-state index in [1.807, 2.05) is 56.4 Å². The smallest absolute Gasteiger partial charge is 0.230 e. The molecule has 2 rings (SSSR count). The molecule has 4 nitrogen and oxygen atoms in total. The largest absolute Gasteiger partial charge is 0.496 e. The first-order valence-electron chi connectivity index (χ1n) is 6.59. The number of hydrogen-bond donors (Lipinski definition) is 2. The van der Waals surface area contributed by atoms with E-state index >= 15 is 0 Å². The number of carbonyl (C=O) groups is 1. The summed E-state index contributed by atoms with van der Waals surface area (Å²) in [5.41, 5.74) is 1.21. The maximum absolute atomic E-state index is 12.4. The lowest BCUT2D eigenvalue weighted by Crippen LogP contribution is -2.40. The summed E-state index contributed by atoms with van der Waals surface area (Å²) >= 11 is 0. The van der Waals surface area contributed by atoms with Crippen LogP contribution in [-0.2, 0) is 16.8 Å². The molecule has 0 aliphatic heterocycles. The van der Waals surface area contributed by atoms with Crippen LogP contribution in [0.5, 0.6) is 5.75 Å². The number of amides is 1. The molecule has 0 aliphatic rings. The Kier molecular flexibility index (Phi) is 4.13. The number of para-hydroxylation sites is 1. The van der Waals surface area contributed by atoms with Crippen LogP contribution < -0.4 is 10.1 Å². The van der Waals surface area contributed by atoms with Crippen molar-refractivity contribution in [3.05, 3.63) is 53.9 Å². The Morgan fingerprint density at radius 2 is 2.00 bits per heavy atom. The van der Waals surface area contributed by atoms with Crippen LogP contribution >= 0.6 is 0 Å². The number of H-pyrrole nitrogens is 1. The molecule has 0 bridgehead atoms. The zero-order chi connectivity index (χ0) is 14.6. The van der Waals surface area contributed by atoms with Crippen LogP contribution in [0.3, 0.4) is 0 Å². The molecule has 0 fully saturated rings. The van der Waals surface area contributed by atoms with E-state index in [-0.39, 0.29) is 5.91 Å². The number of aromatic amines is 1. The third-order valence-electron chi connectivity index (χ3n) is 3.45. The molecule has 20 heavy (non-hydrogen) atoms. The van der Waals surface area contributed by atoms with Crippen molar-refractivity contribution in [3.8, 4) is 5.75 Å². The first kappa shape index (κ1) is 14.2. The average molecular weight is 272 g/mol. The van der Waals surface area contributed by atoms with Gasteiger partial charge in [0.25, 0.3) is 0 Å². The van der Waals surface area contributed by atoms with Crippen molar-refractivity contribution in [3.63, 3.8) is 0 Å². The number of hydrogen-bond acceptors (Lipinski definition) is 2. The van der Waals surface area contributed by atoms with Gasteiger partial charge in [0, 0.05) is 17.5 Å². The van der Waals surface area contributed by atoms with E-state index in [2.05, 4.69) is 10.3 Å². The maximum atomic E-state index is 12.4.